The molecule has 0 atom stereocenters. The van der Waals surface area contributed by atoms with E-state index in [0.29, 0.717) is 21.7 Å². The van der Waals surface area contributed by atoms with Crippen molar-refractivity contribution in [1.29, 1.82) is 0 Å². The lowest BCUT2D eigenvalue weighted by Gasteiger charge is -2.10. The first-order valence-electron chi connectivity index (χ1n) is 5.83. The van der Waals surface area contributed by atoms with Gasteiger partial charge in [-0.15, -0.1) is 0 Å². The van der Waals surface area contributed by atoms with Crippen molar-refractivity contribution < 1.29 is 26.3 Å². The van der Waals surface area contributed by atoms with Crippen LogP contribution in [0.15, 0.2) is 30.6 Å². The minimum atomic E-state index is -5.02. The first-order chi connectivity index (χ1) is 10.2. The molecule has 0 saturated heterocycles. The summed E-state index contributed by atoms with van der Waals surface area (Å²) in [5.41, 5.74) is -1.15. The molecule has 0 aliphatic rings. The number of hydrogen-bond acceptors (Lipinski definition) is 2. The van der Waals surface area contributed by atoms with Crippen molar-refractivity contribution >= 4 is 10.9 Å². The summed E-state index contributed by atoms with van der Waals surface area (Å²) < 4.78 is 77.0. The number of aromatic amines is 1. The average Bonchev–Trinajstić information content (AvgIpc) is 3.03. The quantitative estimate of drug-likeness (QED) is 0.694. The summed E-state index contributed by atoms with van der Waals surface area (Å²) in [5, 5.41) is 6.76. The predicted molar refractivity (Wildman–Crippen MR) is 63.2 cm³/mol. The van der Waals surface area contributed by atoms with Gasteiger partial charge in [-0.05, 0) is 18.2 Å². The van der Waals surface area contributed by atoms with Crippen molar-refractivity contribution in [3.8, 4) is 5.69 Å². The van der Waals surface area contributed by atoms with Crippen molar-refractivity contribution in [1.82, 2.24) is 19.7 Å². The van der Waals surface area contributed by atoms with E-state index in [1.165, 1.54) is 24.4 Å². The Balaban J connectivity index is 2.21. The molecule has 0 saturated carbocycles. The van der Waals surface area contributed by atoms with Gasteiger partial charge in [0.1, 0.15) is 0 Å². The number of nitrogens with one attached hydrogen (secondary N) is 1. The van der Waals surface area contributed by atoms with Crippen LogP contribution in [0.4, 0.5) is 26.3 Å². The molecule has 4 nitrogen and oxygen atoms in total. The SMILES string of the molecule is FC(F)(F)c1cn(-c2ccc3[nH]ncc3c2)c(C(F)(F)F)n1. The number of benzene rings is 1. The minimum absolute atomic E-state index is 0.0933. The highest BCUT2D eigenvalue weighted by Crippen LogP contribution is 2.35. The maximum absolute atomic E-state index is 12.9. The van der Waals surface area contributed by atoms with Crippen molar-refractivity contribution in [3.63, 3.8) is 0 Å². The average molecular weight is 320 g/mol. The van der Waals surface area contributed by atoms with Gasteiger partial charge in [-0.25, -0.2) is 4.98 Å². The van der Waals surface area contributed by atoms with Gasteiger partial charge in [-0.1, -0.05) is 0 Å². The lowest BCUT2D eigenvalue weighted by molar-refractivity contribution is -0.150. The number of fused-ring (bicyclic) bond motifs is 1. The number of alkyl halides is 6. The molecule has 3 aromatic rings. The van der Waals surface area contributed by atoms with Crippen molar-refractivity contribution in [2.75, 3.05) is 0 Å². The van der Waals surface area contributed by atoms with Crippen LogP contribution < -0.4 is 0 Å². The van der Waals surface area contributed by atoms with E-state index in [1.807, 2.05) is 0 Å². The van der Waals surface area contributed by atoms with Crippen LogP contribution in [0.5, 0.6) is 0 Å². The second kappa shape index (κ2) is 4.49. The normalized spacial score (nSPS) is 13.0. The number of nitrogens with zero attached hydrogens (tertiary/aromatic N) is 3. The Hall–Kier alpha value is -2.52. The third-order valence-electron chi connectivity index (χ3n) is 2.95. The number of H-pyrrole nitrogens is 1. The van der Waals surface area contributed by atoms with Crippen molar-refractivity contribution in [2.45, 2.75) is 12.4 Å². The number of aromatic nitrogens is 4. The van der Waals surface area contributed by atoms with E-state index in [1.54, 1.807) is 0 Å². The lowest BCUT2D eigenvalue weighted by atomic mass is 10.2. The second-order valence-electron chi connectivity index (χ2n) is 4.46. The van der Waals surface area contributed by atoms with Crippen LogP contribution >= 0.6 is 0 Å². The molecule has 1 N–H and O–H groups in total. The molecule has 1 aromatic carbocycles. The number of imidazole rings is 1. The highest BCUT2D eigenvalue weighted by molar-refractivity contribution is 5.80. The van der Waals surface area contributed by atoms with Crippen molar-refractivity contribution in [2.24, 2.45) is 0 Å². The standard InChI is InChI=1S/C12H6F6N4/c13-11(14,15)9-5-22(10(20-9)12(16,17)18)7-1-2-8-6(3-7)4-19-21-8/h1-5H,(H,19,21). The summed E-state index contributed by atoms with van der Waals surface area (Å²) in [7, 11) is 0. The Kier molecular flexibility index (Phi) is 2.94. The van der Waals surface area contributed by atoms with Crippen LogP contribution in [0.1, 0.15) is 11.5 Å². The molecule has 22 heavy (non-hydrogen) atoms. The molecule has 0 aliphatic heterocycles. The molecule has 0 bridgehead atoms. The van der Waals surface area contributed by atoms with Gasteiger partial charge in [-0.3, -0.25) is 9.67 Å². The summed E-state index contributed by atoms with van der Waals surface area (Å²) in [6.07, 6.45) is -8.31. The van der Waals surface area contributed by atoms with E-state index in [-0.39, 0.29) is 5.69 Å². The van der Waals surface area contributed by atoms with E-state index < -0.39 is 23.9 Å². The van der Waals surface area contributed by atoms with E-state index in [0.717, 1.165) is 0 Å². The highest BCUT2D eigenvalue weighted by atomic mass is 19.4. The molecule has 0 spiro atoms. The van der Waals surface area contributed by atoms with Gasteiger partial charge >= 0.3 is 12.4 Å². The summed E-state index contributed by atoms with van der Waals surface area (Å²) >= 11 is 0. The Morgan fingerprint density at radius 1 is 1.00 bits per heavy atom. The van der Waals surface area contributed by atoms with Gasteiger partial charge in [0.15, 0.2) is 5.69 Å². The summed E-state index contributed by atoms with van der Waals surface area (Å²) in [5.74, 6) is -1.64. The zero-order valence-electron chi connectivity index (χ0n) is 10.5. The van der Waals surface area contributed by atoms with E-state index in [2.05, 4.69) is 15.2 Å². The number of hydrogen-bond donors (Lipinski definition) is 1. The van der Waals surface area contributed by atoms with Crippen molar-refractivity contribution in [3.05, 3.63) is 42.1 Å². The fourth-order valence-electron chi connectivity index (χ4n) is 1.99. The lowest BCUT2D eigenvalue weighted by Crippen LogP contribution is -2.14. The molecular weight excluding hydrogens is 314 g/mol. The van der Waals surface area contributed by atoms with E-state index >= 15 is 0 Å². The van der Waals surface area contributed by atoms with Gasteiger partial charge in [-0.2, -0.15) is 31.4 Å². The molecule has 116 valence electrons. The van der Waals surface area contributed by atoms with Gasteiger partial charge in [0.2, 0.25) is 5.82 Å². The fraction of sp³-hybridized carbons (Fsp3) is 0.167. The third kappa shape index (κ3) is 2.40. The minimum Gasteiger partial charge on any atom is -0.296 e. The Morgan fingerprint density at radius 3 is 2.36 bits per heavy atom. The largest absolute Gasteiger partial charge is 0.450 e. The Bertz CT molecular complexity index is 826. The second-order valence-corrected chi connectivity index (χ2v) is 4.46. The molecule has 0 unspecified atom stereocenters. The maximum atomic E-state index is 12.9. The first kappa shape index (κ1) is 14.4. The van der Waals surface area contributed by atoms with Crippen LogP contribution in [0.25, 0.3) is 16.6 Å². The molecule has 10 heteroatoms. The first-order valence-corrected chi connectivity index (χ1v) is 5.83. The molecule has 2 heterocycles. The monoisotopic (exact) mass is 320 g/mol. The topological polar surface area (TPSA) is 46.5 Å². The summed E-state index contributed by atoms with van der Waals surface area (Å²) in [4.78, 5) is 2.69. The van der Waals surface area contributed by atoms with E-state index in [9.17, 15) is 26.3 Å². The molecule has 0 amide bonds. The molecule has 2 aromatic heterocycles. The van der Waals surface area contributed by atoms with Gasteiger partial charge in [0.05, 0.1) is 11.7 Å². The Labute approximate surface area is 118 Å². The zero-order chi connectivity index (χ0) is 16.1. The van der Waals surface area contributed by atoms with Crippen LogP contribution in [-0.2, 0) is 12.4 Å². The highest BCUT2D eigenvalue weighted by Gasteiger charge is 2.42. The molecule has 0 radical (unpaired) electrons. The van der Waals surface area contributed by atoms with Gasteiger partial charge < -0.3 is 0 Å². The van der Waals surface area contributed by atoms with Gasteiger partial charge in [0, 0.05) is 17.3 Å². The number of rotatable bonds is 1. The van der Waals surface area contributed by atoms with Crippen LogP contribution in [0, 0.1) is 0 Å². The van der Waals surface area contributed by atoms with Gasteiger partial charge in [0.25, 0.3) is 0 Å². The molecular formula is C12H6F6N4. The summed E-state index contributed by atoms with van der Waals surface area (Å²) in [6, 6.07) is 3.96. The Morgan fingerprint density at radius 2 is 1.73 bits per heavy atom. The summed E-state index contributed by atoms with van der Waals surface area (Å²) in [6.45, 7) is 0. The van der Waals surface area contributed by atoms with Crippen LogP contribution in [0.2, 0.25) is 0 Å². The van der Waals surface area contributed by atoms with Crippen LogP contribution in [0.3, 0.4) is 0 Å². The van der Waals surface area contributed by atoms with E-state index in [4.69, 9.17) is 0 Å². The zero-order valence-corrected chi connectivity index (χ0v) is 10.5. The fourth-order valence-corrected chi connectivity index (χ4v) is 1.99. The number of halogens is 6. The van der Waals surface area contributed by atoms with Crippen LogP contribution in [-0.4, -0.2) is 19.7 Å². The molecule has 0 aliphatic carbocycles. The molecule has 0 fully saturated rings. The molecule has 3 rings (SSSR count). The third-order valence-corrected chi connectivity index (χ3v) is 2.95. The smallest absolute Gasteiger partial charge is 0.296 e. The predicted octanol–water partition coefficient (Wildman–Crippen LogP) is 3.79. The maximum Gasteiger partial charge on any atom is 0.450 e.